The van der Waals surface area contributed by atoms with Crippen LogP contribution >= 0.6 is 11.3 Å². The predicted molar refractivity (Wildman–Crippen MR) is 108 cm³/mol. The smallest absolute Gasteiger partial charge is 0.318 e. The molecule has 0 aliphatic carbocycles. The van der Waals surface area contributed by atoms with Gasteiger partial charge in [-0.1, -0.05) is 23.5 Å². The van der Waals surface area contributed by atoms with Crippen molar-refractivity contribution in [1.82, 2.24) is 20.1 Å². The zero-order valence-corrected chi connectivity index (χ0v) is 16.7. The lowest BCUT2D eigenvalue weighted by Gasteiger charge is -2.16. The van der Waals surface area contributed by atoms with Gasteiger partial charge >= 0.3 is 6.03 Å². The molecule has 1 fully saturated rings. The number of urea groups is 1. The third-order valence-corrected chi connectivity index (χ3v) is 6.07. The number of aromatic nitrogens is 3. The summed E-state index contributed by atoms with van der Waals surface area (Å²) >= 11 is 1.26. The molecule has 1 aliphatic heterocycles. The van der Waals surface area contributed by atoms with E-state index >= 15 is 0 Å². The van der Waals surface area contributed by atoms with Crippen LogP contribution in [0.1, 0.15) is 32.9 Å². The molecule has 1 aromatic carbocycles. The minimum Gasteiger partial charge on any atom is -0.318 e. The summed E-state index contributed by atoms with van der Waals surface area (Å²) in [6, 6.07) is 5.98. The minimum atomic E-state index is -0.300. The molecular formula is C20H20FN5O2S. The third-order valence-electron chi connectivity index (χ3n) is 4.85. The second-order valence-corrected chi connectivity index (χ2v) is 7.90. The second-order valence-electron chi connectivity index (χ2n) is 6.92. The number of H-pyrrole nitrogens is 1. The van der Waals surface area contributed by atoms with Crippen molar-refractivity contribution in [3.63, 3.8) is 0 Å². The molecule has 0 saturated carbocycles. The number of thiazole rings is 1. The number of aryl methyl sites for hydroxylation is 2. The first-order chi connectivity index (χ1) is 14.0. The number of carbonyl (C=O) groups is 2. The van der Waals surface area contributed by atoms with E-state index in [9.17, 15) is 14.0 Å². The molecule has 4 rings (SSSR count). The van der Waals surface area contributed by atoms with Crippen LogP contribution in [0.4, 0.5) is 14.3 Å². The standard InChI is InChI=1S/C20H20FN5O2S/c1-13-18(17(27)7-4-15-10-22-23-11-15)29-19(24-13)26-9-8-25(20(26)28)12-14-2-5-16(21)6-3-14/h2-3,5-6,10-11H,4,7-9,12H2,1H3,(H,22,23). The first-order valence-electron chi connectivity index (χ1n) is 9.30. The summed E-state index contributed by atoms with van der Waals surface area (Å²) in [5.74, 6) is -0.284. The Bertz CT molecular complexity index is 1020. The van der Waals surface area contributed by atoms with E-state index < -0.39 is 0 Å². The normalized spacial score (nSPS) is 14.1. The van der Waals surface area contributed by atoms with Gasteiger partial charge in [0, 0.05) is 32.3 Å². The highest BCUT2D eigenvalue weighted by atomic mass is 32.1. The number of amides is 2. The van der Waals surface area contributed by atoms with Crippen LogP contribution in [0.2, 0.25) is 0 Å². The topological polar surface area (TPSA) is 82.2 Å². The molecule has 7 nitrogen and oxygen atoms in total. The van der Waals surface area contributed by atoms with Gasteiger partial charge in [-0.2, -0.15) is 5.10 Å². The maximum absolute atomic E-state index is 13.1. The Hall–Kier alpha value is -3.07. The molecule has 2 aromatic heterocycles. The van der Waals surface area contributed by atoms with Gasteiger partial charge in [-0.05, 0) is 36.6 Å². The molecular weight excluding hydrogens is 393 g/mol. The number of anilines is 1. The summed E-state index contributed by atoms with van der Waals surface area (Å²) in [6.45, 7) is 3.27. The first kappa shape index (κ1) is 19.3. The van der Waals surface area contributed by atoms with Crippen molar-refractivity contribution in [2.24, 2.45) is 0 Å². The summed E-state index contributed by atoms with van der Waals surface area (Å²) in [7, 11) is 0. The van der Waals surface area contributed by atoms with Gasteiger partial charge in [-0.3, -0.25) is 14.8 Å². The fraction of sp³-hybridized carbons (Fsp3) is 0.300. The van der Waals surface area contributed by atoms with E-state index in [2.05, 4.69) is 15.2 Å². The van der Waals surface area contributed by atoms with E-state index in [1.807, 2.05) is 0 Å². The second kappa shape index (κ2) is 8.12. The van der Waals surface area contributed by atoms with Crippen molar-refractivity contribution in [3.05, 3.63) is 64.2 Å². The molecule has 0 unspecified atom stereocenters. The molecule has 1 aliphatic rings. The van der Waals surface area contributed by atoms with Crippen molar-refractivity contribution in [2.45, 2.75) is 26.3 Å². The van der Waals surface area contributed by atoms with E-state index in [-0.39, 0.29) is 17.6 Å². The minimum absolute atomic E-state index is 0.0160. The molecule has 1 saturated heterocycles. The number of nitrogens with zero attached hydrogens (tertiary/aromatic N) is 4. The average Bonchev–Trinajstić information content (AvgIpc) is 3.43. The van der Waals surface area contributed by atoms with Gasteiger partial charge in [0.25, 0.3) is 0 Å². The maximum atomic E-state index is 13.1. The van der Waals surface area contributed by atoms with Crippen LogP contribution in [0.15, 0.2) is 36.7 Å². The number of rotatable bonds is 7. The fourth-order valence-electron chi connectivity index (χ4n) is 3.26. The number of benzene rings is 1. The molecule has 9 heteroatoms. The van der Waals surface area contributed by atoms with E-state index in [1.165, 1.54) is 23.5 Å². The third kappa shape index (κ3) is 4.19. The summed E-state index contributed by atoms with van der Waals surface area (Å²) in [4.78, 5) is 33.8. The molecule has 150 valence electrons. The van der Waals surface area contributed by atoms with Crippen LogP contribution in [0.5, 0.6) is 0 Å². The average molecular weight is 413 g/mol. The van der Waals surface area contributed by atoms with E-state index in [0.29, 0.717) is 48.2 Å². The number of hydrogen-bond acceptors (Lipinski definition) is 5. The molecule has 0 atom stereocenters. The summed E-state index contributed by atoms with van der Waals surface area (Å²) in [5, 5.41) is 7.16. The molecule has 1 N–H and O–H groups in total. The van der Waals surface area contributed by atoms with E-state index in [1.54, 1.807) is 41.2 Å². The monoisotopic (exact) mass is 413 g/mol. The first-order valence-corrected chi connectivity index (χ1v) is 10.1. The molecule has 0 spiro atoms. The lowest BCUT2D eigenvalue weighted by atomic mass is 10.1. The number of ketones is 1. The Balaban J connectivity index is 1.42. The highest BCUT2D eigenvalue weighted by Crippen LogP contribution is 2.30. The Labute approximate surface area is 171 Å². The quantitative estimate of drug-likeness (QED) is 0.601. The lowest BCUT2D eigenvalue weighted by Crippen LogP contribution is -2.31. The van der Waals surface area contributed by atoms with Crippen LogP contribution in [-0.4, -0.2) is 45.0 Å². The Kier molecular flexibility index (Phi) is 5.39. The zero-order chi connectivity index (χ0) is 20.4. The highest BCUT2D eigenvalue weighted by Gasteiger charge is 2.32. The lowest BCUT2D eigenvalue weighted by molar-refractivity contribution is 0.0986. The van der Waals surface area contributed by atoms with Gasteiger partial charge in [0.15, 0.2) is 10.9 Å². The number of aromatic amines is 1. The fourth-order valence-corrected chi connectivity index (χ4v) is 4.31. The maximum Gasteiger partial charge on any atom is 0.326 e. The van der Waals surface area contributed by atoms with Crippen LogP contribution < -0.4 is 4.90 Å². The molecule has 2 amide bonds. The number of carbonyl (C=O) groups excluding carboxylic acids is 2. The summed E-state index contributed by atoms with van der Waals surface area (Å²) < 4.78 is 13.1. The van der Waals surface area contributed by atoms with Gasteiger partial charge in [-0.25, -0.2) is 14.2 Å². The molecule has 3 aromatic rings. The highest BCUT2D eigenvalue weighted by molar-refractivity contribution is 7.17. The Morgan fingerprint density at radius 1 is 1.24 bits per heavy atom. The van der Waals surface area contributed by atoms with Gasteiger partial charge in [0.1, 0.15) is 5.82 Å². The number of hydrogen-bond donors (Lipinski definition) is 1. The van der Waals surface area contributed by atoms with Crippen molar-refractivity contribution in [1.29, 1.82) is 0 Å². The van der Waals surface area contributed by atoms with Gasteiger partial charge in [-0.15, -0.1) is 0 Å². The molecule has 29 heavy (non-hydrogen) atoms. The number of Topliss-reactive ketones (excluding diaryl/α,β-unsaturated/α-hetero) is 1. The molecule has 0 bridgehead atoms. The zero-order valence-electron chi connectivity index (χ0n) is 15.9. The summed E-state index contributed by atoms with van der Waals surface area (Å²) in [6.07, 6.45) is 4.45. The summed E-state index contributed by atoms with van der Waals surface area (Å²) in [5.41, 5.74) is 2.49. The molecule has 0 radical (unpaired) electrons. The van der Waals surface area contributed by atoms with Crippen LogP contribution in [0.25, 0.3) is 0 Å². The number of nitrogens with one attached hydrogen (secondary N) is 1. The van der Waals surface area contributed by atoms with Crippen LogP contribution in [0.3, 0.4) is 0 Å². The van der Waals surface area contributed by atoms with Crippen LogP contribution in [-0.2, 0) is 13.0 Å². The molecule has 3 heterocycles. The van der Waals surface area contributed by atoms with Crippen molar-refractivity contribution >= 4 is 28.3 Å². The van der Waals surface area contributed by atoms with Gasteiger partial charge < -0.3 is 4.90 Å². The van der Waals surface area contributed by atoms with Crippen molar-refractivity contribution in [3.8, 4) is 0 Å². The Morgan fingerprint density at radius 2 is 2.03 bits per heavy atom. The largest absolute Gasteiger partial charge is 0.326 e. The van der Waals surface area contributed by atoms with Crippen molar-refractivity contribution < 1.29 is 14.0 Å². The number of halogens is 1. The Morgan fingerprint density at radius 3 is 2.76 bits per heavy atom. The van der Waals surface area contributed by atoms with Crippen LogP contribution in [0, 0.1) is 12.7 Å². The van der Waals surface area contributed by atoms with E-state index in [4.69, 9.17) is 0 Å². The predicted octanol–water partition coefficient (Wildman–Crippen LogP) is 3.57. The van der Waals surface area contributed by atoms with E-state index in [0.717, 1.165) is 11.1 Å². The van der Waals surface area contributed by atoms with Gasteiger partial charge in [0.2, 0.25) is 0 Å². The SMILES string of the molecule is Cc1nc(N2CCN(Cc3ccc(F)cc3)C2=O)sc1C(=O)CCc1cn[nH]c1. The van der Waals surface area contributed by atoms with Crippen molar-refractivity contribution in [2.75, 3.05) is 18.0 Å². The van der Waals surface area contributed by atoms with Gasteiger partial charge in [0.05, 0.1) is 16.8 Å².